The number of aliphatic hydroxyl groups excluding tert-OH is 1. The van der Waals surface area contributed by atoms with Gasteiger partial charge in [0.2, 0.25) is 0 Å². The number of hydrogen-bond donors (Lipinski definition) is 3. The van der Waals surface area contributed by atoms with Crippen molar-refractivity contribution in [1.82, 2.24) is 10.6 Å². The van der Waals surface area contributed by atoms with Crippen LogP contribution in [-0.4, -0.2) is 40.7 Å². The lowest BCUT2D eigenvalue weighted by atomic mass is 9.89. The molecule has 1 unspecified atom stereocenters. The molecule has 0 amide bonds. The first-order valence-electron chi connectivity index (χ1n) is 6.98. The van der Waals surface area contributed by atoms with Gasteiger partial charge in [-0.3, -0.25) is 0 Å². The van der Waals surface area contributed by atoms with Crippen molar-refractivity contribution in [3.8, 4) is 0 Å². The minimum Gasteiger partial charge on any atom is -0.396 e. The molecule has 3 N–H and O–H groups in total. The SMILES string of the molecule is O=S1N=C(NCCCO)C(NCC2CCCCC2)=N1. The van der Waals surface area contributed by atoms with Crippen LogP contribution in [0.5, 0.6) is 0 Å². The van der Waals surface area contributed by atoms with Gasteiger partial charge in [-0.15, -0.1) is 8.80 Å². The largest absolute Gasteiger partial charge is 0.396 e. The van der Waals surface area contributed by atoms with Crippen LogP contribution >= 0.6 is 0 Å². The summed E-state index contributed by atoms with van der Waals surface area (Å²) in [5.41, 5.74) is 0. The topological polar surface area (TPSA) is 86.1 Å². The van der Waals surface area contributed by atoms with Gasteiger partial charge in [-0.1, -0.05) is 19.3 Å². The lowest BCUT2D eigenvalue weighted by Crippen LogP contribution is -2.41. The summed E-state index contributed by atoms with van der Waals surface area (Å²) in [6.45, 7) is 1.61. The monoisotopic (exact) mass is 286 g/mol. The second-order valence-corrected chi connectivity index (χ2v) is 5.83. The van der Waals surface area contributed by atoms with Crippen molar-refractivity contribution >= 4 is 22.8 Å². The molecule has 7 heteroatoms. The molecular formula is C12H22N4O2S. The van der Waals surface area contributed by atoms with Crippen LogP contribution in [0.15, 0.2) is 8.80 Å². The smallest absolute Gasteiger partial charge is 0.269 e. The van der Waals surface area contributed by atoms with E-state index in [0.717, 1.165) is 6.54 Å². The van der Waals surface area contributed by atoms with Gasteiger partial charge < -0.3 is 15.7 Å². The highest BCUT2D eigenvalue weighted by atomic mass is 32.2. The molecular weight excluding hydrogens is 264 g/mol. The second-order valence-electron chi connectivity index (χ2n) is 5.00. The van der Waals surface area contributed by atoms with E-state index in [1.807, 2.05) is 0 Å². The van der Waals surface area contributed by atoms with Gasteiger partial charge in [0, 0.05) is 19.7 Å². The minimum absolute atomic E-state index is 0.130. The standard InChI is InChI=1S/C12H22N4O2S/c17-8-4-7-13-11-12(16-19(18)15-11)14-9-10-5-2-1-3-6-10/h10,17H,1-9H2,(H,13,15)(H,14,16). The van der Waals surface area contributed by atoms with Crippen LogP contribution in [0.2, 0.25) is 0 Å². The molecule has 1 fully saturated rings. The zero-order valence-corrected chi connectivity index (χ0v) is 11.9. The molecule has 1 aliphatic heterocycles. The van der Waals surface area contributed by atoms with Gasteiger partial charge in [0.1, 0.15) is 0 Å². The Morgan fingerprint density at radius 2 is 1.84 bits per heavy atom. The highest BCUT2D eigenvalue weighted by Gasteiger charge is 2.20. The predicted molar refractivity (Wildman–Crippen MR) is 77.3 cm³/mol. The lowest BCUT2D eigenvalue weighted by Gasteiger charge is -2.22. The van der Waals surface area contributed by atoms with E-state index in [0.29, 0.717) is 30.6 Å². The molecule has 1 heterocycles. The number of aliphatic hydroxyl groups is 1. The van der Waals surface area contributed by atoms with Crippen molar-refractivity contribution < 1.29 is 9.32 Å². The first-order chi connectivity index (χ1) is 9.29. The van der Waals surface area contributed by atoms with Gasteiger partial charge in [-0.2, -0.15) is 0 Å². The molecule has 6 nitrogen and oxygen atoms in total. The summed E-state index contributed by atoms with van der Waals surface area (Å²) in [6, 6.07) is 0. The van der Waals surface area contributed by atoms with Crippen LogP contribution in [0, 0.1) is 5.92 Å². The van der Waals surface area contributed by atoms with Crippen molar-refractivity contribution in [2.45, 2.75) is 38.5 Å². The van der Waals surface area contributed by atoms with Crippen LogP contribution in [0.25, 0.3) is 0 Å². The van der Waals surface area contributed by atoms with Crippen molar-refractivity contribution in [2.24, 2.45) is 14.7 Å². The van der Waals surface area contributed by atoms with Gasteiger partial charge in [-0.25, -0.2) is 4.21 Å². The van der Waals surface area contributed by atoms with E-state index in [4.69, 9.17) is 5.11 Å². The van der Waals surface area contributed by atoms with Crippen molar-refractivity contribution in [3.05, 3.63) is 0 Å². The van der Waals surface area contributed by atoms with E-state index in [1.165, 1.54) is 32.1 Å². The fourth-order valence-corrected chi connectivity index (χ4v) is 3.07. The van der Waals surface area contributed by atoms with Gasteiger partial charge in [0.25, 0.3) is 11.2 Å². The second kappa shape index (κ2) is 7.59. The van der Waals surface area contributed by atoms with Crippen LogP contribution in [0.3, 0.4) is 0 Å². The first kappa shape index (κ1) is 14.5. The molecule has 1 saturated carbocycles. The highest BCUT2D eigenvalue weighted by Crippen LogP contribution is 2.22. The van der Waals surface area contributed by atoms with Crippen LogP contribution in [0.1, 0.15) is 38.5 Å². The molecule has 0 aromatic rings. The Bertz CT molecular complexity index is 378. The molecule has 2 rings (SSSR count). The number of rotatable bonds is 5. The average molecular weight is 286 g/mol. The Hall–Kier alpha value is -0.950. The summed E-state index contributed by atoms with van der Waals surface area (Å²) in [5.74, 6) is 1.84. The van der Waals surface area contributed by atoms with Gasteiger partial charge in [0.05, 0.1) is 0 Å². The molecule has 19 heavy (non-hydrogen) atoms. The fourth-order valence-electron chi connectivity index (χ4n) is 2.41. The van der Waals surface area contributed by atoms with Gasteiger partial charge >= 0.3 is 0 Å². The normalized spacial score (nSPS) is 23.9. The first-order valence-corrected chi connectivity index (χ1v) is 8.04. The van der Waals surface area contributed by atoms with E-state index in [9.17, 15) is 4.21 Å². The number of amidine groups is 2. The van der Waals surface area contributed by atoms with Gasteiger partial charge in [-0.05, 0) is 25.2 Å². The summed E-state index contributed by atoms with van der Waals surface area (Å²) < 4.78 is 19.3. The molecule has 0 bridgehead atoms. The zero-order chi connectivity index (χ0) is 13.5. The fraction of sp³-hybridized carbons (Fsp3) is 0.833. The molecule has 2 aliphatic rings. The summed E-state index contributed by atoms with van der Waals surface area (Å²) in [5, 5.41) is 15.1. The third-order valence-corrected chi connectivity index (χ3v) is 4.15. The van der Waals surface area contributed by atoms with Crippen LogP contribution in [0.4, 0.5) is 0 Å². The lowest BCUT2D eigenvalue weighted by molar-refractivity contribution is 0.289. The number of nitrogens with one attached hydrogen (secondary N) is 2. The zero-order valence-electron chi connectivity index (χ0n) is 11.1. The van der Waals surface area contributed by atoms with E-state index < -0.39 is 11.2 Å². The van der Waals surface area contributed by atoms with Crippen molar-refractivity contribution in [3.63, 3.8) is 0 Å². The Morgan fingerprint density at radius 1 is 1.16 bits per heavy atom. The molecule has 0 spiro atoms. The maximum atomic E-state index is 11.4. The molecule has 0 saturated heterocycles. The van der Waals surface area contributed by atoms with Crippen molar-refractivity contribution in [1.29, 1.82) is 0 Å². The average Bonchev–Trinajstić information content (AvgIpc) is 2.78. The summed E-state index contributed by atoms with van der Waals surface area (Å²) in [4.78, 5) is 0. The third-order valence-electron chi connectivity index (χ3n) is 3.47. The van der Waals surface area contributed by atoms with E-state index in [2.05, 4.69) is 19.4 Å². The quantitative estimate of drug-likeness (QED) is 0.643. The molecule has 0 aromatic heterocycles. The Labute approximate surface area is 116 Å². The Kier molecular flexibility index (Phi) is 5.78. The summed E-state index contributed by atoms with van der Waals surface area (Å²) in [6.07, 6.45) is 7.11. The summed E-state index contributed by atoms with van der Waals surface area (Å²) >= 11 is -1.51. The summed E-state index contributed by atoms with van der Waals surface area (Å²) in [7, 11) is 0. The van der Waals surface area contributed by atoms with E-state index >= 15 is 0 Å². The number of nitrogens with zero attached hydrogens (tertiary/aromatic N) is 2. The minimum atomic E-state index is -1.51. The molecule has 0 radical (unpaired) electrons. The number of hydrogen-bond acceptors (Lipinski definition) is 4. The highest BCUT2D eigenvalue weighted by molar-refractivity contribution is 7.83. The van der Waals surface area contributed by atoms with Crippen molar-refractivity contribution in [2.75, 3.05) is 19.7 Å². The van der Waals surface area contributed by atoms with Crippen LogP contribution in [-0.2, 0) is 11.2 Å². The van der Waals surface area contributed by atoms with E-state index in [1.54, 1.807) is 0 Å². The van der Waals surface area contributed by atoms with Crippen LogP contribution < -0.4 is 10.6 Å². The molecule has 0 aromatic carbocycles. The Balaban J connectivity index is 1.79. The predicted octanol–water partition coefficient (Wildman–Crippen LogP) is 0.518. The Morgan fingerprint density at radius 3 is 2.53 bits per heavy atom. The molecule has 1 aliphatic carbocycles. The molecule has 1 atom stereocenters. The maximum Gasteiger partial charge on any atom is 0.269 e. The third kappa shape index (κ3) is 4.58. The van der Waals surface area contributed by atoms with Gasteiger partial charge in [0.15, 0.2) is 11.7 Å². The molecule has 108 valence electrons. The maximum absolute atomic E-state index is 11.4. The van der Waals surface area contributed by atoms with E-state index in [-0.39, 0.29) is 6.61 Å².